The zero-order valence-electron chi connectivity index (χ0n) is 22.1. The number of carbonyl (C=O) groups is 2. The number of benzene rings is 3. The molecule has 2 amide bonds. The molecule has 0 aliphatic rings. The highest BCUT2D eigenvalue weighted by atomic mass is 79.9. The van der Waals surface area contributed by atoms with Crippen LogP contribution in [-0.2, 0) is 26.2 Å². The van der Waals surface area contributed by atoms with Crippen molar-refractivity contribution in [3.8, 4) is 0 Å². The number of anilines is 1. The number of sulfonamides is 1. The Kier molecular flexibility index (Phi) is 10.1. The van der Waals surface area contributed by atoms with Crippen molar-refractivity contribution in [3.05, 3.63) is 94.0 Å². The first-order chi connectivity index (χ1) is 18.0. The molecule has 9 heteroatoms. The predicted octanol–water partition coefficient (Wildman–Crippen LogP) is 5.20. The zero-order valence-corrected chi connectivity index (χ0v) is 24.6. The summed E-state index contributed by atoms with van der Waals surface area (Å²) in [6, 6.07) is 20.1. The van der Waals surface area contributed by atoms with E-state index in [1.807, 2.05) is 45.0 Å². The standard InChI is InChI=1S/C29H34BrN3O4S/c1-5-18-31-29(35)23(4)32(19-24-9-7-6-8-22(24)3)28(34)20-33(26-14-12-25(30)13-15-26)38(36,37)27-16-10-21(2)11-17-27/h6-17,23H,5,18-20H2,1-4H3,(H,31,35). The smallest absolute Gasteiger partial charge is 0.264 e. The van der Waals surface area contributed by atoms with Gasteiger partial charge in [0.25, 0.3) is 10.0 Å². The molecule has 38 heavy (non-hydrogen) atoms. The molecule has 1 atom stereocenters. The molecule has 7 nitrogen and oxygen atoms in total. The number of amides is 2. The van der Waals surface area contributed by atoms with Crippen molar-refractivity contribution in [2.24, 2.45) is 0 Å². The Bertz CT molecular complexity index is 1360. The SMILES string of the molecule is CCCNC(=O)C(C)N(Cc1ccccc1C)C(=O)CN(c1ccc(Br)cc1)S(=O)(=O)c1ccc(C)cc1. The summed E-state index contributed by atoms with van der Waals surface area (Å²) >= 11 is 3.38. The summed E-state index contributed by atoms with van der Waals surface area (Å²) in [4.78, 5) is 28.3. The Labute approximate surface area is 234 Å². The van der Waals surface area contributed by atoms with E-state index in [0.29, 0.717) is 12.2 Å². The molecular weight excluding hydrogens is 566 g/mol. The molecule has 0 heterocycles. The summed E-state index contributed by atoms with van der Waals surface area (Å²) in [7, 11) is -4.08. The molecule has 3 aromatic carbocycles. The van der Waals surface area contributed by atoms with Crippen LogP contribution in [0.2, 0.25) is 0 Å². The van der Waals surface area contributed by atoms with Gasteiger partial charge < -0.3 is 10.2 Å². The van der Waals surface area contributed by atoms with E-state index >= 15 is 0 Å². The van der Waals surface area contributed by atoms with Crippen molar-refractivity contribution in [1.82, 2.24) is 10.2 Å². The van der Waals surface area contributed by atoms with E-state index < -0.39 is 28.5 Å². The number of hydrogen-bond acceptors (Lipinski definition) is 4. The highest BCUT2D eigenvalue weighted by Gasteiger charge is 2.32. The maximum atomic E-state index is 13.9. The number of rotatable bonds is 11. The van der Waals surface area contributed by atoms with Crippen LogP contribution in [0.25, 0.3) is 0 Å². The van der Waals surface area contributed by atoms with Gasteiger partial charge in [-0.15, -0.1) is 0 Å². The van der Waals surface area contributed by atoms with Gasteiger partial charge in [0.05, 0.1) is 10.6 Å². The molecule has 1 unspecified atom stereocenters. The fourth-order valence-corrected chi connectivity index (χ4v) is 5.60. The fraction of sp³-hybridized carbons (Fsp3) is 0.310. The lowest BCUT2D eigenvalue weighted by atomic mass is 10.1. The normalized spacial score (nSPS) is 12.0. The van der Waals surface area contributed by atoms with E-state index in [1.54, 1.807) is 43.3 Å². The molecule has 3 aromatic rings. The quantitative estimate of drug-likeness (QED) is 0.328. The lowest BCUT2D eigenvalue weighted by Crippen LogP contribution is -2.51. The van der Waals surface area contributed by atoms with E-state index in [0.717, 1.165) is 31.9 Å². The fourth-order valence-electron chi connectivity index (χ4n) is 3.92. The maximum absolute atomic E-state index is 13.9. The molecular formula is C29H34BrN3O4S. The Balaban J connectivity index is 2.02. The second-order valence-electron chi connectivity index (χ2n) is 9.22. The van der Waals surface area contributed by atoms with Crippen molar-refractivity contribution in [2.75, 3.05) is 17.4 Å². The third kappa shape index (κ3) is 7.23. The summed E-state index contributed by atoms with van der Waals surface area (Å²) in [5.74, 6) is -0.767. The molecule has 0 fully saturated rings. The van der Waals surface area contributed by atoms with Crippen molar-refractivity contribution < 1.29 is 18.0 Å². The van der Waals surface area contributed by atoms with E-state index in [-0.39, 0.29) is 17.3 Å². The minimum absolute atomic E-state index is 0.0815. The van der Waals surface area contributed by atoms with Crippen LogP contribution in [0.5, 0.6) is 0 Å². The topological polar surface area (TPSA) is 86.8 Å². The Morgan fingerprint density at radius 3 is 2.18 bits per heavy atom. The van der Waals surface area contributed by atoms with E-state index in [1.165, 1.54) is 17.0 Å². The molecule has 3 rings (SSSR count). The first kappa shape index (κ1) is 29.4. The Morgan fingerprint density at radius 2 is 1.58 bits per heavy atom. The van der Waals surface area contributed by atoms with Gasteiger partial charge in [-0.05, 0) is 74.7 Å². The third-order valence-corrected chi connectivity index (χ3v) is 8.64. The van der Waals surface area contributed by atoms with E-state index in [9.17, 15) is 18.0 Å². The van der Waals surface area contributed by atoms with Crippen LogP contribution in [0.4, 0.5) is 5.69 Å². The first-order valence-electron chi connectivity index (χ1n) is 12.5. The second kappa shape index (κ2) is 13.1. The Hall–Kier alpha value is -3.17. The molecule has 0 bridgehead atoms. The van der Waals surface area contributed by atoms with E-state index in [4.69, 9.17) is 0 Å². The number of hydrogen-bond donors (Lipinski definition) is 1. The van der Waals surface area contributed by atoms with Gasteiger partial charge in [-0.2, -0.15) is 0 Å². The van der Waals surface area contributed by atoms with Crippen molar-refractivity contribution in [2.45, 2.75) is 51.6 Å². The number of nitrogens with one attached hydrogen (secondary N) is 1. The van der Waals surface area contributed by atoms with Crippen molar-refractivity contribution in [3.63, 3.8) is 0 Å². The van der Waals surface area contributed by atoms with Gasteiger partial charge >= 0.3 is 0 Å². The van der Waals surface area contributed by atoms with Crippen LogP contribution in [0.3, 0.4) is 0 Å². The number of aryl methyl sites for hydroxylation is 2. The molecule has 0 aliphatic carbocycles. The average molecular weight is 601 g/mol. The average Bonchev–Trinajstić information content (AvgIpc) is 2.90. The molecule has 0 spiro atoms. The molecule has 1 N–H and O–H groups in total. The number of carbonyl (C=O) groups excluding carboxylic acids is 2. The summed E-state index contributed by atoms with van der Waals surface area (Å²) in [6.45, 7) is 7.63. The van der Waals surface area contributed by atoms with Gasteiger partial charge in [-0.3, -0.25) is 13.9 Å². The molecule has 0 saturated carbocycles. The lowest BCUT2D eigenvalue weighted by molar-refractivity contribution is -0.139. The van der Waals surface area contributed by atoms with Crippen LogP contribution < -0.4 is 9.62 Å². The van der Waals surface area contributed by atoms with Crippen LogP contribution >= 0.6 is 15.9 Å². The summed E-state index contributed by atoms with van der Waals surface area (Å²) in [5, 5.41) is 2.85. The summed E-state index contributed by atoms with van der Waals surface area (Å²) in [5.41, 5.74) is 3.13. The summed E-state index contributed by atoms with van der Waals surface area (Å²) < 4.78 is 29.5. The number of halogens is 1. The first-order valence-corrected chi connectivity index (χ1v) is 14.7. The molecule has 0 aliphatic heterocycles. The van der Waals surface area contributed by atoms with Gasteiger partial charge in [0.2, 0.25) is 11.8 Å². The van der Waals surface area contributed by atoms with Gasteiger partial charge in [0.15, 0.2) is 0 Å². The van der Waals surface area contributed by atoms with Gasteiger partial charge in [0.1, 0.15) is 12.6 Å². The molecule has 0 saturated heterocycles. The second-order valence-corrected chi connectivity index (χ2v) is 12.0. The maximum Gasteiger partial charge on any atom is 0.264 e. The number of nitrogens with zero attached hydrogens (tertiary/aromatic N) is 2. The van der Waals surface area contributed by atoms with Crippen LogP contribution in [0.15, 0.2) is 82.2 Å². The largest absolute Gasteiger partial charge is 0.354 e. The zero-order chi connectivity index (χ0) is 27.9. The van der Waals surface area contributed by atoms with E-state index in [2.05, 4.69) is 21.2 Å². The molecule has 0 aromatic heterocycles. The van der Waals surface area contributed by atoms with Gasteiger partial charge in [-0.1, -0.05) is 64.8 Å². The monoisotopic (exact) mass is 599 g/mol. The van der Waals surface area contributed by atoms with Crippen LogP contribution in [0, 0.1) is 13.8 Å². The Morgan fingerprint density at radius 1 is 0.947 bits per heavy atom. The molecule has 0 radical (unpaired) electrons. The van der Waals surface area contributed by atoms with Crippen molar-refractivity contribution >= 4 is 43.5 Å². The molecule has 202 valence electrons. The summed E-state index contributed by atoms with van der Waals surface area (Å²) in [6.07, 6.45) is 0.760. The van der Waals surface area contributed by atoms with Gasteiger partial charge in [0, 0.05) is 17.6 Å². The minimum atomic E-state index is -4.08. The highest BCUT2D eigenvalue weighted by Crippen LogP contribution is 2.26. The van der Waals surface area contributed by atoms with Gasteiger partial charge in [-0.25, -0.2) is 8.42 Å². The lowest BCUT2D eigenvalue weighted by Gasteiger charge is -2.32. The minimum Gasteiger partial charge on any atom is -0.354 e. The highest BCUT2D eigenvalue weighted by molar-refractivity contribution is 9.10. The van der Waals surface area contributed by atoms with Crippen molar-refractivity contribution in [1.29, 1.82) is 0 Å². The predicted molar refractivity (Wildman–Crippen MR) is 154 cm³/mol. The third-order valence-electron chi connectivity index (χ3n) is 6.32. The van der Waals surface area contributed by atoms with Crippen LogP contribution in [0.1, 0.15) is 37.0 Å². The van der Waals surface area contributed by atoms with Crippen LogP contribution in [-0.4, -0.2) is 44.3 Å².